The molecule has 1 heterocycles. The van der Waals surface area contributed by atoms with Gasteiger partial charge in [-0.05, 0) is 31.2 Å². The molecular formula is C19H20BrN4O2+. The van der Waals surface area contributed by atoms with Crippen LogP contribution in [0.3, 0.4) is 0 Å². The Morgan fingerprint density at radius 1 is 1.23 bits per heavy atom. The van der Waals surface area contributed by atoms with E-state index in [1.54, 1.807) is 0 Å². The zero-order valence-corrected chi connectivity index (χ0v) is 16.2. The molecule has 3 aromatic rings. The summed E-state index contributed by atoms with van der Waals surface area (Å²) in [6.07, 6.45) is 0. The third-order valence-corrected chi connectivity index (χ3v) is 4.29. The van der Waals surface area contributed by atoms with Crippen molar-refractivity contribution in [3.05, 3.63) is 64.5 Å². The fourth-order valence-corrected chi connectivity index (χ4v) is 2.91. The lowest BCUT2D eigenvalue weighted by atomic mass is 10.2. The van der Waals surface area contributed by atoms with Gasteiger partial charge < -0.3 is 14.7 Å². The average Bonchev–Trinajstić information content (AvgIpc) is 3.05. The molecule has 6 nitrogen and oxygen atoms in total. The molecule has 0 bridgehead atoms. The second-order valence-electron chi connectivity index (χ2n) is 6.25. The van der Waals surface area contributed by atoms with Crippen LogP contribution < -0.4 is 10.2 Å². The number of hydrogen-bond donors (Lipinski definition) is 2. The zero-order valence-electron chi connectivity index (χ0n) is 14.6. The number of nitrogens with zero attached hydrogens (tertiary/aromatic N) is 2. The van der Waals surface area contributed by atoms with Crippen molar-refractivity contribution in [3.63, 3.8) is 0 Å². The monoisotopic (exact) mass is 415 g/mol. The van der Waals surface area contributed by atoms with Gasteiger partial charge in [0.2, 0.25) is 5.82 Å². The van der Waals surface area contributed by atoms with Crippen molar-refractivity contribution in [2.24, 2.45) is 0 Å². The topological polar surface area (TPSA) is 72.5 Å². The lowest BCUT2D eigenvalue weighted by Gasteiger charge is -2.11. The minimum absolute atomic E-state index is 0.0573. The number of aryl methyl sites for hydroxylation is 1. The summed E-state index contributed by atoms with van der Waals surface area (Å²) < 4.78 is 6.27. The van der Waals surface area contributed by atoms with Gasteiger partial charge in [-0.25, -0.2) is 0 Å². The molecule has 7 heteroatoms. The molecule has 0 aliphatic rings. The van der Waals surface area contributed by atoms with Crippen LogP contribution in [-0.2, 0) is 11.3 Å². The van der Waals surface area contributed by atoms with E-state index in [4.69, 9.17) is 4.52 Å². The number of quaternary nitrogens is 1. The van der Waals surface area contributed by atoms with Crippen LogP contribution in [0.25, 0.3) is 11.4 Å². The van der Waals surface area contributed by atoms with Crippen molar-refractivity contribution >= 4 is 27.5 Å². The lowest BCUT2D eigenvalue weighted by molar-refractivity contribution is -0.886. The Balaban J connectivity index is 1.55. The molecule has 0 spiro atoms. The summed E-state index contributed by atoms with van der Waals surface area (Å²) in [6.45, 7) is 2.79. The molecule has 2 N–H and O–H groups in total. The van der Waals surface area contributed by atoms with Gasteiger partial charge in [0.05, 0.1) is 7.05 Å². The Morgan fingerprint density at radius 3 is 2.73 bits per heavy atom. The van der Waals surface area contributed by atoms with Gasteiger partial charge in [-0.2, -0.15) is 4.98 Å². The minimum Gasteiger partial charge on any atom is -0.333 e. The van der Waals surface area contributed by atoms with Crippen LogP contribution in [-0.4, -0.2) is 29.6 Å². The van der Waals surface area contributed by atoms with Crippen molar-refractivity contribution in [1.29, 1.82) is 0 Å². The number of aromatic nitrogens is 2. The number of likely N-dealkylation sites (N-methyl/N-ethyl adjacent to an activating group) is 1. The molecule has 0 radical (unpaired) electrons. The molecule has 0 fully saturated rings. The Hall–Kier alpha value is -2.51. The summed E-state index contributed by atoms with van der Waals surface area (Å²) >= 11 is 3.43. The number of hydrogen-bond acceptors (Lipinski definition) is 4. The number of halogens is 1. The zero-order chi connectivity index (χ0) is 18.5. The largest absolute Gasteiger partial charge is 0.333 e. The normalized spacial score (nSPS) is 12.0. The van der Waals surface area contributed by atoms with Crippen LogP contribution in [0.2, 0.25) is 0 Å². The first-order valence-electron chi connectivity index (χ1n) is 8.26. The van der Waals surface area contributed by atoms with Crippen molar-refractivity contribution in [2.75, 3.05) is 18.9 Å². The summed E-state index contributed by atoms with van der Waals surface area (Å²) in [4.78, 5) is 17.5. The maximum atomic E-state index is 12.2. The molecule has 0 saturated heterocycles. The van der Waals surface area contributed by atoms with Crippen LogP contribution in [0.15, 0.2) is 57.5 Å². The third kappa shape index (κ3) is 5.00. The maximum absolute atomic E-state index is 12.2. The minimum atomic E-state index is -0.0573. The molecule has 1 amide bonds. The lowest BCUT2D eigenvalue weighted by Crippen LogP contribution is -3.08. The summed E-state index contributed by atoms with van der Waals surface area (Å²) in [5.41, 5.74) is 2.83. The van der Waals surface area contributed by atoms with Gasteiger partial charge in [0.15, 0.2) is 13.1 Å². The highest BCUT2D eigenvalue weighted by Crippen LogP contribution is 2.20. The molecule has 0 saturated carbocycles. The molecule has 26 heavy (non-hydrogen) atoms. The van der Waals surface area contributed by atoms with Crippen LogP contribution >= 0.6 is 15.9 Å². The third-order valence-electron chi connectivity index (χ3n) is 3.80. The number of carbonyl (C=O) groups excluding carboxylic acids is 1. The van der Waals surface area contributed by atoms with Crippen LogP contribution in [0, 0.1) is 6.92 Å². The second kappa shape index (κ2) is 8.25. The molecule has 0 aliphatic heterocycles. The van der Waals surface area contributed by atoms with Gasteiger partial charge in [0, 0.05) is 15.7 Å². The van der Waals surface area contributed by atoms with E-state index in [2.05, 4.69) is 31.4 Å². The van der Waals surface area contributed by atoms with Crippen molar-refractivity contribution in [2.45, 2.75) is 13.5 Å². The SMILES string of the molecule is Cc1ccc(NC(=O)C[NH+](C)Cc2nc(-c3cccc(Br)c3)no2)cc1. The molecule has 1 unspecified atom stereocenters. The Kier molecular flexibility index (Phi) is 5.80. The van der Waals surface area contributed by atoms with Crippen LogP contribution in [0.5, 0.6) is 0 Å². The Bertz CT molecular complexity index is 893. The first-order valence-corrected chi connectivity index (χ1v) is 9.05. The average molecular weight is 416 g/mol. The predicted molar refractivity (Wildman–Crippen MR) is 103 cm³/mol. The second-order valence-corrected chi connectivity index (χ2v) is 7.16. The van der Waals surface area contributed by atoms with Gasteiger partial charge in [0.1, 0.15) is 0 Å². The van der Waals surface area contributed by atoms with Crippen molar-refractivity contribution < 1.29 is 14.2 Å². The summed E-state index contributed by atoms with van der Waals surface area (Å²) in [5.74, 6) is 0.983. The molecule has 0 aliphatic carbocycles. The van der Waals surface area contributed by atoms with E-state index in [0.29, 0.717) is 24.8 Å². The van der Waals surface area contributed by atoms with Crippen molar-refractivity contribution in [3.8, 4) is 11.4 Å². The summed E-state index contributed by atoms with van der Waals surface area (Å²) in [5, 5.41) is 6.91. The van der Waals surface area contributed by atoms with Crippen molar-refractivity contribution in [1.82, 2.24) is 10.1 Å². The van der Waals surface area contributed by atoms with E-state index in [-0.39, 0.29) is 5.91 Å². The Labute approximate surface area is 160 Å². The molecule has 1 aromatic heterocycles. The summed E-state index contributed by atoms with van der Waals surface area (Å²) in [7, 11) is 1.91. The fraction of sp³-hybridized carbons (Fsp3) is 0.211. The number of nitrogens with one attached hydrogen (secondary N) is 2. The molecule has 2 aromatic carbocycles. The number of anilines is 1. The number of benzene rings is 2. The Morgan fingerprint density at radius 2 is 2.00 bits per heavy atom. The molecule has 1 atom stereocenters. The number of amides is 1. The van der Waals surface area contributed by atoms with E-state index < -0.39 is 0 Å². The fourth-order valence-electron chi connectivity index (χ4n) is 2.51. The highest BCUT2D eigenvalue weighted by Gasteiger charge is 2.16. The standard InChI is InChI=1S/C19H19BrN4O2/c1-13-6-8-16(9-7-13)21-17(25)11-24(2)12-18-22-19(23-26-18)14-4-3-5-15(20)10-14/h3-10H,11-12H2,1-2H3,(H,21,25)/p+1. The first-order chi connectivity index (χ1) is 12.5. The maximum Gasteiger partial charge on any atom is 0.282 e. The molecular weight excluding hydrogens is 396 g/mol. The number of carbonyl (C=O) groups is 1. The predicted octanol–water partition coefficient (Wildman–Crippen LogP) is 2.46. The van der Waals surface area contributed by atoms with E-state index in [1.165, 1.54) is 0 Å². The first kappa shape index (κ1) is 18.3. The quantitative estimate of drug-likeness (QED) is 0.648. The van der Waals surface area contributed by atoms with E-state index in [1.807, 2.05) is 62.5 Å². The van der Waals surface area contributed by atoms with E-state index in [9.17, 15) is 4.79 Å². The highest BCUT2D eigenvalue weighted by atomic mass is 79.9. The van der Waals surface area contributed by atoms with Gasteiger partial charge in [0.25, 0.3) is 11.8 Å². The van der Waals surface area contributed by atoms with Crippen LogP contribution in [0.1, 0.15) is 11.5 Å². The van der Waals surface area contributed by atoms with E-state index in [0.717, 1.165) is 26.2 Å². The van der Waals surface area contributed by atoms with Gasteiger partial charge in [-0.1, -0.05) is 50.9 Å². The summed E-state index contributed by atoms with van der Waals surface area (Å²) in [6, 6.07) is 15.4. The molecule has 134 valence electrons. The van der Waals surface area contributed by atoms with Gasteiger partial charge >= 0.3 is 0 Å². The highest BCUT2D eigenvalue weighted by molar-refractivity contribution is 9.10. The van der Waals surface area contributed by atoms with Gasteiger partial charge in [-0.15, -0.1) is 0 Å². The van der Waals surface area contributed by atoms with Crippen LogP contribution in [0.4, 0.5) is 5.69 Å². The smallest absolute Gasteiger partial charge is 0.282 e. The van der Waals surface area contributed by atoms with E-state index >= 15 is 0 Å². The molecule has 3 rings (SSSR count). The number of rotatable bonds is 6. The van der Waals surface area contributed by atoms with Gasteiger partial charge in [-0.3, -0.25) is 4.79 Å².